The van der Waals surface area contributed by atoms with Gasteiger partial charge in [0.25, 0.3) is 0 Å². The van der Waals surface area contributed by atoms with E-state index in [1.54, 1.807) is 5.57 Å². The van der Waals surface area contributed by atoms with Crippen LogP contribution in [-0.2, 0) is 4.74 Å². The Morgan fingerprint density at radius 2 is 2.20 bits per heavy atom. The fourth-order valence-corrected chi connectivity index (χ4v) is 2.73. The summed E-state index contributed by atoms with van der Waals surface area (Å²) in [6.07, 6.45) is 10.8. The van der Waals surface area contributed by atoms with Gasteiger partial charge in [-0.25, -0.2) is 0 Å². The summed E-state index contributed by atoms with van der Waals surface area (Å²) in [5.74, 6) is 0.801. The van der Waals surface area contributed by atoms with E-state index in [2.05, 4.69) is 18.4 Å². The van der Waals surface area contributed by atoms with Gasteiger partial charge in [0.05, 0.1) is 12.1 Å². The molecule has 0 aromatic carbocycles. The molecule has 0 aliphatic heterocycles. The normalized spacial score (nSPS) is 25.9. The Morgan fingerprint density at radius 3 is 2.67 bits per heavy atom. The van der Waals surface area contributed by atoms with Crippen molar-refractivity contribution in [2.75, 3.05) is 14.2 Å². The molecule has 2 unspecified atom stereocenters. The second kappa shape index (κ2) is 5.13. The number of allylic oxidation sites excluding steroid dienone is 1. The Kier molecular flexibility index (Phi) is 3.81. The Labute approximate surface area is 93.1 Å². The first kappa shape index (κ1) is 11.2. The van der Waals surface area contributed by atoms with Gasteiger partial charge < -0.3 is 10.1 Å². The molecular formula is C13H23NO. The van der Waals surface area contributed by atoms with Gasteiger partial charge in [-0.2, -0.15) is 0 Å². The predicted octanol–water partition coefficient (Wildman–Crippen LogP) is 2.50. The maximum absolute atomic E-state index is 5.68. The van der Waals surface area contributed by atoms with Gasteiger partial charge in [-0.05, 0) is 51.5 Å². The summed E-state index contributed by atoms with van der Waals surface area (Å²) in [7, 11) is 3.92. The molecule has 0 amide bonds. The van der Waals surface area contributed by atoms with E-state index >= 15 is 0 Å². The highest BCUT2D eigenvalue weighted by Crippen LogP contribution is 2.38. The molecule has 2 aliphatic carbocycles. The molecule has 0 heterocycles. The van der Waals surface area contributed by atoms with Crippen molar-refractivity contribution < 1.29 is 4.74 Å². The van der Waals surface area contributed by atoms with E-state index in [9.17, 15) is 0 Å². The molecule has 2 heteroatoms. The third-order valence-corrected chi connectivity index (χ3v) is 3.72. The van der Waals surface area contributed by atoms with Crippen LogP contribution in [0.5, 0.6) is 0 Å². The number of nitrogens with one attached hydrogen (secondary N) is 1. The van der Waals surface area contributed by atoms with Crippen LogP contribution < -0.4 is 5.32 Å². The lowest BCUT2D eigenvalue weighted by atomic mass is 9.89. The Morgan fingerprint density at radius 1 is 1.40 bits per heavy atom. The summed E-state index contributed by atoms with van der Waals surface area (Å²) >= 11 is 0. The van der Waals surface area contributed by atoms with Crippen LogP contribution in [0.4, 0.5) is 0 Å². The first-order valence-electron chi connectivity index (χ1n) is 6.25. The van der Waals surface area contributed by atoms with Crippen molar-refractivity contribution in [2.24, 2.45) is 5.92 Å². The van der Waals surface area contributed by atoms with Crippen LogP contribution in [0.15, 0.2) is 11.6 Å². The van der Waals surface area contributed by atoms with Gasteiger partial charge in [0.1, 0.15) is 0 Å². The van der Waals surface area contributed by atoms with E-state index in [-0.39, 0.29) is 0 Å². The summed E-state index contributed by atoms with van der Waals surface area (Å²) in [6.45, 7) is 0. The highest BCUT2D eigenvalue weighted by atomic mass is 16.5. The van der Waals surface area contributed by atoms with Crippen LogP contribution in [-0.4, -0.2) is 26.3 Å². The number of hydrogen-bond donors (Lipinski definition) is 1. The van der Waals surface area contributed by atoms with Crippen molar-refractivity contribution in [3.8, 4) is 0 Å². The molecule has 0 aromatic heterocycles. The Bertz CT molecular complexity index is 233. The molecule has 1 N–H and O–H groups in total. The number of rotatable bonds is 5. The molecule has 15 heavy (non-hydrogen) atoms. The SMILES string of the molecule is CNC(C1=CCCCC1)C(OC)C1CC1. The number of ether oxygens (including phenoxy) is 1. The summed E-state index contributed by atoms with van der Waals surface area (Å²) in [5, 5.41) is 3.45. The quantitative estimate of drug-likeness (QED) is 0.702. The van der Waals surface area contributed by atoms with Crippen molar-refractivity contribution in [2.45, 2.75) is 50.7 Å². The van der Waals surface area contributed by atoms with Crippen LogP contribution in [0.25, 0.3) is 0 Å². The third-order valence-electron chi connectivity index (χ3n) is 3.72. The average molecular weight is 209 g/mol. The number of methoxy groups -OCH3 is 1. The molecule has 1 saturated carbocycles. The molecule has 0 bridgehead atoms. The molecule has 86 valence electrons. The summed E-state index contributed by atoms with van der Waals surface area (Å²) < 4.78 is 5.68. The molecule has 0 radical (unpaired) electrons. The van der Waals surface area contributed by atoms with Crippen LogP contribution in [0.1, 0.15) is 38.5 Å². The van der Waals surface area contributed by atoms with E-state index in [1.165, 1.54) is 38.5 Å². The van der Waals surface area contributed by atoms with Crippen molar-refractivity contribution in [3.05, 3.63) is 11.6 Å². The minimum absolute atomic E-state index is 0.402. The lowest BCUT2D eigenvalue weighted by molar-refractivity contribution is 0.0621. The topological polar surface area (TPSA) is 21.3 Å². The van der Waals surface area contributed by atoms with Crippen LogP contribution in [0.3, 0.4) is 0 Å². The number of likely N-dealkylation sites (N-methyl/N-ethyl adjacent to an activating group) is 1. The minimum atomic E-state index is 0.402. The molecule has 2 rings (SSSR count). The van der Waals surface area contributed by atoms with E-state index < -0.39 is 0 Å². The van der Waals surface area contributed by atoms with Gasteiger partial charge in [-0.3, -0.25) is 0 Å². The molecular weight excluding hydrogens is 186 g/mol. The predicted molar refractivity (Wildman–Crippen MR) is 62.9 cm³/mol. The zero-order chi connectivity index (χ0) is 10.7. The van der Waals surface area contributed by atoms with E-state index in [0.717, 1.165) is 5.92 Å². The molecule has 0 aromatic rings. The second-order valence-electron chi connectivity index (χ2n) is 4.83. The van der Waals surface area contributed by atoms with Crippen molar-refractivity contribution >= 4 is 0 Å². The van der Waals surface area contributed by atoms with Gasteiger partial charge in [0.2, 0.25) is 0 Å². The van der Waals surface area contributed by atoms with E-state index in [4.69, 9.17) is 4.74 Å². The van der Waals surface area contributed by atoms with E-state index in [1.807, 2.05) is 7.11 Å². The molecule has 2 nitrogen and oxygen atoms in total. The smallest absolute Gasteiger partial charge is 0.0790 e. The highest BCUT2D eigenvalue weighted by Gasteiger charge is 2.37. The highest BCUT2D eigenvalue weighted by molar-refractivity contribution is 5.17. The Hall–Kier alpha value is -0.340. The molecule has 2 aliphatic rings. The van der Waals surface area contributed by atoms with Crippen molar-refractivity contribution in [3.63, 3.8) is 0 Å². The molecule has 0 spiro atoms. The van der Waals surface area contributed by atoms with Crippen LogP contribution >= 0.6 is 0 Å². The monoisotopic (exact) mass is 209 g/mol. The Balaban J connectivity index is 2.03. The maximum Gasteiger partial charge on any atom is 0.0790 e. The summed E-state index contributed by atoms with van der Waals surface area (Å²) in [6, 6.07) is 0.461. The van der Waals surface area contributed by atoms with Gasteiger partial charge in [0, 0.05) is 7.11 Å². The lowest BCUT2D eigenvalue weighted by Gasteiger charge is -2.29. The summed E-state index contributed by atoms with van der Waals surface area (Å²) in [4.78, 5) is 0. The van der Waals surface area contributed by atoms with Crippen molar-refractivity contribution in [1.29, 1.82) is 0 Å². The molecule has 1 fully saturated rings. The van der Waals surface area contributed by atoms with Crippen LogP contribution in [0, 0.1) is 5.92 Å². The lowest BCUT2D eigenvalue weighted by Crippen LogP contribution is -2.42. The number of hydrogen-bond acceptors (Lipinski definition) is 2. The first-order valence-corrected chi connectivity index (χ1v) is 6.25. The molecule has 0 saturated heterocycles. The van der Waals surface area contributed by atoms with Gasteiger partial charge in [0.15, 0.2) is 0 Å². The van der Waals surface area contributed by atoms with Gasteiger partial charge in [-0.1, -0.05) is 11.6 Å². The van der Waals surface area contributed by atoms with Crippen LogP contribution in [0.2, 0.25) is 0 Å². The maximum atomic E-state index is 5.68. The third kappa shape index (κ3) is 2.61. The minimum Gasteiger partial charge on any atom is -0.379 e. The van der Waals surface area contributed by atoms with Crippen molar-refractivity contribution in [1.82, 2.24) is 5.32 Å². The van der Waals surface area contributed by atoms with Gasteiger partial charge >= 0.3 is 0 Å². The summed E-state index contributed by atoms with van der Waals surface area (Å²) in [5.41, 5.74) is 1.59. The fraction of sp³-hybridized carbons (Fsp3) is 0.846. The van der Waals surface area contributed by atoms with Gasteiger partial charge in [-0.15, -0.1) is 0 Å². The zero-order valence-electron chi connectivity index (χ0n) is 9.96. The average Bonchev–Trinajstić information content (AvgIpc) is 3.11. The van der Waals surface area contributed by atoms with E-state index in [0.29, 0.717) is 12.1 Å². The fourth-order valence-electron chi connectivity index (χ4n) is 2.73. The standard InChI is InChI=1S/C13H23NO/c1-14-12(10-6-4-3-5-7-10)13(15-2)11-8-9-11/h6,11-14H,3-5,7-9H2,1-2H3. The first-order chi connectivity index (χ1) is 7.36. The largest absolute Gasteiger partial charge is 0.379 e. The molecule has 2 atom stereocenters. The zero-order valence-corrected chi connectivity index (χ0v) is 9.96. The second-order valence-corrected chi connectivity index (χ2v) is 4.83.